The molecule has 1 aliphatic heterocycles. The van der Waals surface area contributed by atoms with E-state index in [1.807, 2.05) is 44.3 Å². The number of aromatic nitrogens is 3. The molecule has 0 fully saturated rings. The van der Waals surface area contributed by atoms with Crippen LogP contribution in [0.3, 0.4) is 0 Å². The third kappa shape index (κ3) is 4.00. The van der Waals surface area contributed by atoms with Gasteiger partial charge in [-0.2, -0.15) is 5.10 Å². The molecule has 8 nitrogen and oxygen atoms in total. The highest BCUT2D eigenvalue weighted by atomic mass is 32.1. The summed E-state index contributed by atoms with van der Waals surface area (Å²) in [7, 11) is 3.21. The van der Waals surface area contributed by atoms with Crippen LogP contribution >= 0.6 is 11.3 Å². The van der Waals surface area contributed by atoms with Gasteiger partial charge in [-0.05, 0) is 51.5 Å². The number of rotatable bonds is 6. The number of methoxy groups -OCH3 is 1. The van der Waals surface area contributed by atoms with Crippen LogP contribution in [0.1, 0.15) is 43.6 Å². The van der Waals surface area contributed by atoms with Crippen molar-refractivity contribution in [2.75, 3.05) is 25.1 Å². The van der Waals surface area contributed by atoms with Gasteiger partial charge in [0.2, 0.25) is 0 Å². The SMILES string of the molecule is CCN(CC)c1ccc(C2C(C(=O)OC)=C(C)N=c3s/c(=C/c4cnn(C)c4C)c(=O)n32)cc1. The third-order valence-corrected chi connectivity index (χ3v) is 7.31. The lowest BCUT2D eigenvalue weighted by Gasteiger charge is -2.26. The number of esters is 1. The number of nitrogens with zero attached hydrogens (tertiary/aromatic N) is 5. The van der Waals surface area contributed by atoms with Crippen molar-refractivity contribution < 1.29 is 9.53 Å². The van der Waals surface area contributed by atoms with Crippen molar-refractivity contribution in [3.63, 3.8) is 0 Å². The van der Waals surface area contributed by atoms with Crippen LogP contribution in [0.25, 0.3) is 6.08 Å². The van der Waals surface area contributed by atoms with Gasteiger partial charge in [0, 0.05) is 37.1 Å². The Balaban J connectivity index is 1.92. The molecule has 1 unspecified atom stereocenters. The first kappa shape index (κ1) is 23.7. The Morgan fingerprint density at radius 2 is 1.88 bits per heavy atom. The van der Waals surface area contributed by atoms with Crippen molar-refractivity contribution >= 4 is 29.1 Å². The standard InChI is InChI=1S/C25H29N5O3S/c1-7-29(8-2)19-11-9-17(10-12-19)22-21(24(32)33-6)15(3)27-25-30(22)23(31)20(34-25)13-18-14-26-28(5)16(18)4/h9-14,22H,7-8H2,1-6H3/b20-13+. The first-order chi connectivity index (χ1) is 16.3. The van der Waals surface area contributed by atoms with E-state index < -0.39 is 12.0 Å². The number of anilines is 1. The highest BCUT2D eigenvalue weighted by Gasteiger charge is 2.33. The summed E-state index contributed by atoms with van der Waals surface area (Å²) in [5, 5.41) is 4.27. The molecule has 3 aromatic rings. The molecule has 3 heterocycles. The number of allylic oxidation sites excluding steroid dienone is 1. The molecule has 9 heteroatoms. The molecule has 1 aliphatic rings. The molecule has 1 aromatic carbocycles. The minimum absolute atomic E-state index is 0.196. The minimum atomic E-state index is -0.619. The van der Waals surface area contributed by atoms with Crippen molar-refractivity contribution in [3.05, 3.63) is 78.2 Å². The number of carbonyl (C=O) groups excluding carboxylic acids is 1. The molecule has 0 N–H and O–H groups in total. The zero-order valence-electron chi connectivity index (χ0n) is 20.3. The Labute approximate surface area is 202 Å². The number of carbonyl (C=O) groups is 1. The molecule has 2 aromatic heterocycles. The Kier molecular flexibility index (Phi) is 6.56. The van der Waals surface area contributed by atoms with Gasteiger partial charge >= 0.3 is 5.97 Å². The minimum Gasteiger partial charge on any atom is -0.466 e. The van der Waals surface area contributed by atoms with Gasteiger partial charge in [-0.3, -0.25) is 14.0 Å². The Bertz CT molecular complexity index is 1440. The quantitative estimate of drug-likeness (QED) is 0.507. The molecule has 34 heavy (non-hydrogen) atoms. The van der Waals surface area contributed by atoms with E-state index in [4.69, 9.17) is 4.74 Å². The van der Waals surface area contributed by atoms with Crippen molar-refractivity contribution in [3.8, 4) is 0 Å². The van der Waals surface area contributed by atoms with Gasteiger partial charge in [0.05, 0.1) is 35.2 Å². The monoisotopic (exact) mass is 479 g/mol. The fourth-order valence-electron chi connectivity index (χ4n) is 4.26. The van der Waals surface area contributed by atoms with Gasteiger partial charge in [0.15, 0.2) is 4.80 Å². The topological polar surface area (TPSA) is 81.7 Å². The predicted molar refractivity (Wildman–Crippen MR) is 134 cm³/mol. The van der Waals surface area contributed by atoms with E-state index in [0.717, 1.165) is 35.6 Å². The molecular formula is C25H29N5O3S. The summed E-state index contributed by atoms with van der Waals surface area (Å²) < 4.78 is 9.00. The fourth-order valence-corrected chi connectivity index (χ4v) is 5.30. The molecular weight excluding hydrogens is 450 g/mol. The fraction of sp³-hybridized carbons (Fsp3) is 0.360. The highest BCUT2D eigenvalue weighted by molar-refractivity contribution is 7.07. The molecule has 0 spiro atoms. The molecule has 0 saturated heterocycles. The van der Waals surface area contributed by atoms with E-state index in [1.54, 1.807) is 22.4 Å². The lowest BCUT2D eigenvalue weighted by Crippen LogP contribution is -2.39. The largest absolute Gasteiger partial charge is 0.466 e. The predicted octanol–water partition coefficient (Wildman–Crippen LogP) is 2.30. The smallest absolute Gasteiger partial charge is 0.338 e. The molecule has 0 bridgehead atoms. The van der Waals surface area contributed by atoms with E-state index in [-0.39, 0.29) is 5.56 Å². The Hall–Kier alpha value is -3.46. The summed E-state index contributed by atoms with van der Waals surface area (Å²) in [6, 6.07) is 7.39. The maximum Gasteiger partial charge on any atom is 0.338 e. The number of fused-ring (bicyclic) bond motifs is 1. The number of benzene rings is 1. The average molecular weight is 480 g/mol. The van der Waals surface area contributed by atoms with Crippen LogP contribution in [0.4, 0.5) is 5.69 Å². The molecule has 1 atom stereocenters. The highest BCUT2D eigenvalue weighted by Crippen LogP contribution is 2.31. The molecule has 0 amide bonds. The zero-order chi connectivity index (χ0) is 24.6. The maximum atomic E-state index is 13.6. The number of thiazole rings is 1. The van der Waals surface area contributed by atoms with E-state index >= 15 is 0 Å². The molecule has 178 valence electrons. The molecule has 0 saturated carbocycles. The van der Waals surface area contributed by atoms with Gasteiger partial charge in [0.1, 0.15) is 0 Å². The van der Waals surface area contributed by atoms with Crippen molar-refractivity contribution in [2.45, 2.75) is 33.7 Å². The number of hydrogen-bond donors (Lipinski definition) is 0. The normalized spacial score (nSPS) is 15.8. The first-order valence-electron chi connectivity index (χ1n) is 11.2. The van der Waals surface area contributed by atoms with E-state index in [0.29, 0.717) is 20.6 Å². The van der Waals surface area contributed by atoms with Crippen LogP contribution in [0.2, 0.25) is 0 Å². The average Bonchev–Trinajstić information content (AvgIpc) is 3.32. The molecule has 0 radical (unpaired) electrons. The zero-order valence-corrected chi connectivity index (χ0v) is 21.1. The summed E-state index contributed by atoms with van der Waals surface area (Å²) in [4.78, 5) is 33.8. The summed E-state index contributed by atoms with van der Waals surface area (Å²) in [5.41, 5.74) is 4.48. The van der Waals surface area contributed by atoms with Crippen molar-refractivity contribution in [1.82, 2.24) is 14.3 Å². The summed E-state index contributed by atoms with van der Waals surface area (Å²) >= 11 is 1.31. The number of ether oxygens (including phenoxy) is 1. The molecule has 0 aliphatic carbocycles. The van der Waals surface area contributed by atoms with E-state index in [2.05, 4.69) is 28.8 Å². The second kappa shape index (κ2) is 9.42. The van der Waals surface area contributed by atoms with Crippen LogP contribution in [0.15, 0.2) is 51.5 Å². The number of aryl methyl sites for hydroxylation is 1. The summed E-state index contributed by atoms with van der Waals surface area (Å²) in [6.45, 7) is 9.75. The van der Waals surface area contributed by atoms with Gasteiger partial charge in [-0.1, -0.05) is 23.5 Å². The Morgan fingerprint density at radius 3 is 2.44 bits per heavy atom. The maximum absolute atomic E-state index is 13.6. The van der Waals surface area contributed by atoms with Gasteiger partial charge in [-0.25, -0.2) is 9.79 Å². The van der Waals surface area contributed by atoms with Gasteiger partial charge < -0.3 is 9.64 Å². The van der Waals surface area contributed by atoms with Crippen LogP contribution in [-0.4, -0.2) is 40.5 Å². The van der Waals surface area contributed by atoms with Crippen LogP contribution < -0.4 is 19.8 Å². The van der Waals surface area contributed by atoms with Crippen LogP contribution in [0.5, 0.6) is 0 Å². The first-order valence-corrected chi connectivity index (χ1v) is 12.1. The van der Waals surface area contributed by atoms with Gasteiger partial charge in [-0.15, -0.1) is 0 Å². The Morgan fingerprint density at radius 1 is 1.21 bits per heavy atom. The second-order valence-corrected chi connectivity index (χ2v) is 9.16. The third-order valence-electron chi connectivity index (χ3n) is 6.32. The molecule has 4 rings (SSSR count). The van der Waals surface area contributed by atoms with E-state index in [1.165, 1.54) is 18.4 Å². The van der Waals surface area contributed by atoms with Crippen LogP contribution in [-0.2, 0) is 16.6 Å². The number of hydrogen-bond acceptors (Lipinski definition) is 7. The van der Waals surface area contributed by atoms with Crippen molar-refractivity contribution in [1.29, 1.82) is 0 Å². The lowest BCUT2D eigenvalue weighted by atomic mass is 9.95. The van der Waals surface area contributed by atoms with Gasteiger partial charge in [0.25, 0.3) is 5.56 Å². The lowest BCUT2D eigenvalue weighted by molar-refractivity contribution is -0.136. The second-order valence-electron chi connectivity index (χ2n) is 8.15. The summed E-state index contributed by atoms with van der Waals surface area (Å²) in [6.07, 6.45) is 3.58. The van der Waals surface area contributed by atoms with E-state index in [9.17, 15) is 9.59 Å². The van der Waals surface area contributed by atoms with Crippen molar-refractivity contribution in [2.24, 2.45) is 12.0 Å². The van der Waals surface area contributed by atoms with Crippen LogP contribution in [0, 0.1) is 6.92 Å². The summed E-state index contributed by atoms with van der Waals surface area (Å²) in [5.74, 6) is -0.489.